The summed E-state index contributed by atoms with van der Waals surface area (Å²) in [6, 6.07) is 18.7. The fourth-order valence-electron chi connectivity index (χ4n) is 5.06. The normalized spacial score (nSPS) is 26.6. The van der Waals surface area contributed by atoms with E-state index in [-0.39, 0.29) is 0 Å². The van der Waals surface area contributed by atoms with E-state index in [1.807, 2.05) is 36.4 Å². The lowest BCUT2D eigenvalue weighted by molar-refractivity contribution is -0.977. The average molecular weight is 366 g/mol. The summed E-state index contributed by atoms with van der Waals surface area (Å²) in [5.41, 5.74) is -1.29. The van der Waals surface area contributed by atoms with E-state index in [0.29, 0.717) is 21.7 Å². The molecule has 0 saturated carbocycles. The number of piperidine rings is 1. The minimum Gasteiger partial charge on any atom is -0.407 e. The van der Waals surface area contributed by atoms with Crippen LogP contribution in [0.1, 0.15) is 43.2 Å². The average Bonchev–Trinajstić information content (AvgIpc) is 2.84. The van der Waals surface area contributed by atoms with E-state index in [0.717, 1.165) is 25.7 Å². The van der Waals surface area contributed by atoms with Crippen LogP contribution in [0.25, 0.3) is 0 Å². The summed E-state index contributed by atoms with van der Waals surface area (Å²) < 4.78 is 6.94. The molecule has 2 fully saturated rings. The summed E-state index contributed by atoms with van der Waals surface area (Å²) in [4.78, 5) is 13.5. The number of aliphatic hydroxyl groups is 1. The Balaban J connectivity index is 1.75. The van der Waals surface area contributed by atoms with Crippen molar-refractivity contribution in [1.29, 1.82) is 0 Å². The number of rotatable bonds is 4. The first-order valence-electron chi connectivity index (χ1n) is 9.81. The van der Waals surface area contributed by atoms with Crippen molar-refractivity contribution in [3.63, 3.8) is 0 Å². The van der Waals surface area contributed by atoms with Gasteiger partial charge >= 0.3 is 5.97 Å². The van der Waals surface area contributed by atoms with E-state index in [1.54, 1.807) is 24.3 Å². The summed E-state index contributed by atoms with van der Waals surface area (Å²) >= 11 is 0. The molecule has 0 unspecified atom stereocenters. The second-order valence-electron chi connectivity index (χ2n) is 8.40. The molecule has 0 aromatic heterocycles. The Hall–Kier alpha value is -2.17. The van der Waals surface area contributed by atoms with Crippen molar-refractivity contribution in [3.8, 4) is 0 Å². The third kappa shape index (κ3) is 2.70. The highest BCUT2D eigenvalue weighted by atomic mass is 16.6. The van der Waals surface area contributed by atoms with Gasteiger partial charge in [0.15, 0.2) is 0 Å². The fourth-order valence-corrected chi connectivity index (χ4v) is 5.06. The monoisotopic (exact) mass is 366 g/mol. The van der Waals surface area contributed by atoms with Crippen molar-refractivity contribution in [2.24, 2.45) is 0 Å². The van der Waals surface area contributed by atoms with Gasteiger partial charge in [-0.1, -0.05) is 60.7 Å². The van der Waals surface area contributed by atoms with Gasteiger partial charge in [0.25, 0.3) is 0 Å². The van der Waals surface area contributed by atoms with Crippen molar-refractivity contribution in [2.45, 2.75) is 49.5 Å². The molecular formula is C23H28NO3+. The minimum absolute atomic E-state index is 0.521. The highest BCUT2D eigenvalue weighted by Gasteiger charge is 2.61. The second kappa shape index (κ2) is 6.47. The molecule has 142 valence electrons. The number of hydrogen-bond donors (Lipinski definition) is 1. The van der Waals surface area contributed by atoms with Crippen LogP contribution in [0.5, 0.6) is 0 Å². The summed E-state index contributed by atoms with van der Waals surface area (Å²) in [5, 5.41) is 11.7. The molecule has 27 heavy (non-hydrogen) atoms. The van der Waals surface area contributed by atoms with Gasteiger partial charge in [0.05, 0.1) is 20.1 Å². The molecule has 2 aromatic rings. The van der Waals surface area contributed by atoms with E-state index < -0.39 is 17.3 Å². The maximum Gasteiger partial charge on any atom is 0.352 e. The molecule has 0 amide bonds. The summed E-state index contributed by atoms with van der Waals surface area (Å²) in [7, 11) is 4.32. The number of carbonyl (C=O) groups is 1. The number of carbonyl (C=O) groups excluding carboxylic acids is 1. The molecular weight excluding hydrogens is 338 g/mol. The van der Waals surface area contributed by atoms with Gasteiger partial charge in [0.1, 0.15) is 0 Å². The number of esters is 1. The smallest absolute Gasteiger partial charge is 0.352 e. The van der Waals surface area contributed by atoms with Crippen LogP contribution in [0.3, 0.4) is 0 Å². The Morgan fingerprint density at radius 2 is 1.56 bits per heavy atom. The highest BCUT2D eigenvalue weighted by molar-refractivity contribution is 5.85. The Labute approximate surface area is 161 Å². The van der Waals surface area contributed by atoms with Crippen LogP contribution in [-0.4, -0.2) is 41.4 Å². The predicted molar refractivity (Wildman–Crippen MR) is 104 cm³/mol. The molecule has 2 aliphatic rings. The molecule has 4 rings (SSSR count). The minimum atomic E-state index is -1.81. The Kier molecular flexibility index (Phi) is 4.36. The maximum atomic E-state index is 13.5. The number of fused-ring (bicyclic) bond motifs is 2. The topological polar surface area (TPSA) is 46.5 Å². The lowest BCUT2D eigenvalue weighted by Gasteiger charge is -2.49. The molecule has 4 heteroatoms. The predicted octanol–water partition coefficient (Wildman–Crippen LogP) is 3.58. The lowest BCUT2D eigenvalue weighted by atomic mass is 9.86. The molecule has 0 spiro atoms. The standard InChI is InChI=1S/C23H28NO3/c1-24(2)20-14-9-16-22(24,17-15-20)27-21(25)23(26,18-10-5-3-6-11-18)19-12-7-4-8-13-19/h3-8,10-13,20,26H,9,14-17H2,1-2H3/q+1/t20-,22-/m1/s1. The van der Waals surface area contributed by atoms with E-state index in [2.05, 4.69) is 14.1 Å². The highest BCUT2D eigenvalue weighted by Crippen LogP contribution is 2.49. The van der Waals surface area contributed by atoms with Crippen molar-refractivity contribution in [3.05, 3.63) is 71.8 Å². The number of quaternary nitrogens is 1. The first-order valence-corrected chi connectivity index (χ1v) is 9.81. The molecule has 2 aliphatic heterocycles. The number of ether oxygens (including phenoxy) is 1. The molecule has 0 aliphatic carbocycles. The van der Waals surface area contributed by atoms with Gasteiger partial charge in [-0.15, -0.1) is 0 Å². The van der Waals surface area contributed by atoms with Gasteiger partial charge < -0.3 is 9.84 Å². The summed E-state index contributed by atoms with van der Waals surface area (Å²) in [6.07, 6.45) is 5.01. The molecule has 0 radical (unpaired) electrons. The van der Waals surface area contributed by atoms with E-state index in [4.69, 9.17) is 4.74 Å². The first-order chi connectivity index (χ1) is 12.9. The van der Waals surface area contributed by atoms with Crippen LogP contribution in [0.2, 0.25) is 0 Å². The molecule has 2 heterocycles. The van der Waals surface area contributed by atoms with Gasteiger partial charge in [-0.05, 0) is 24.0 Å². The van der Waals surface area contributed by atoms with Crippen LogP contribution in [0.15, 0.2) is 60.7 Å². The second-order valence-corrected chi connectivity index (χ2v) is 8.40. The Bertz CT molecular complexity index is 775. The van der Waals surface area contributed by atoms with Gasteiger partial charge in [0, 0.05) is 19.3 Å². The van der Waals surface area contributed by atoms with Gasteiger partial charge in [-0.2, -0.15) is 0 Å². The van der Waals surface area contributed by atoms with E-state index in [1.165, 1.54) is 6.42 Å². The van der Waals surface area contributed by atoms with Gasteiger partial charge in [-0.3, -0.25) is 4.48 Å². The van der Waals surface area contributed by atoms with Crippen molar-refractivity contribution < 1.29 is 19.1 Å². The van der Waals surface area contributed by atoms with E-state index in [9.17, 15) is 9.90 Å². The van der Waals surface area contributed by atoms with Gasteiger partial charge in [0.2, 0.25) is 11.3 Å². The zero-order chi connectivity index (χ0) is 19.1. The van der Waals surface area contributed by atoms with Crippen molar-refractivity contribution in [1.82, 2.24) is 0 Å². The Morgan fingerprint density at radius 3 is 2.11 bits per heavy atom. The number of nitrogens with zero attached hydrogens (tertiary/aromatic N) is 1. The molecule has 2 aromatic carbocycles. The summed E-state index contributed by atoms with van der Waals surface area (Å²) in [5.74, 6) is -0.575. The summed E-state index contributed by atoms with van der Waals surface area (Å²) in [6.45, 7) is 0. The van der Waals surface area contributed by atoms with Crippen LogP contribution in [-0.2, 0) is 15.1 Å². The first kappa shape index (κ1) is 18.2. The largest absolute Gasteiger partial charge is 0.407 e. The molecule has 4 nitrogen and oxygen atoms in total. The van der Waals surface area contributed by atoms with Crippen LogP contribution in [0.4, 0.5) is 0 Å². The fraction of sp³-hybridized carbons (Fsp3) is 0.435. The SMILES string of the molecule is C[N+]1(C)[C@@H]2CCC[C@@]1(OC(=O)C(O)(c1ccccc1)c1ccccc1)CC2. The molecule has 1 N–H and O–H groups in total. The van der Waals surface area contributed by atoms with Crippen LogP contribution >= 0.6 is 0 Å². The van der Waals surface area contributed by atoms with Crippen molar-refractivity contribution >= 4 is 5.97 Å². The zero-order valence-corrected chi connectivity index (χ0v) is 16.1. The quantitative estimate of drug-likeness (QED) is 0.664. The number of benzene rings is 2. The maximum absolute atomic E-state index is 13.5. The number of hydrogen-bond acceptors (Lipinski definition) is 3. The molecule has 2 saturated heterocycles. The third-order valence-electron chi connectivity index (χ3n) is 6.90. The lowest BCUT2D eigenvalue weighted by Crippen LogP contribution is -2.64. The zero-order valence-electron chi connectivity index (χ0n) is 16.1. The Morgan fingerprint density at radius 1 is 1.00 bits per heavy atom. The van der Waals surface area contributed by atoms with Crippen LogP contribution < -0.4 is 0 Å². The van der Waals surface area contributed by atoms with Crippen molar-refractivity contribution in [2.75, 3.05) is 14.1 Å². The van der Waals surface area contributed by atoms with Crippen LogP contribution in [0, 0.1) is 0 Å². The third-order valence-corrected chi connectivity index (χ3v) is 6.90. The molecule has 2 atom stereocenters. The molecule has 2 bridgehead atoms. The van der Waals surface area contributed by atoms with Gasteiger partial charge in [-0.25, -0.2) is 4.79 Å². The van der Waals surface area contributed by atoms with E-state index >= 15 is 0 Å².